The van der Waals surface area contributed by atoms with Crippen LogP contribution in [-0.2, 0) is 0 Å². The van der Waals surface area contributed by atoms with Crippen molar-refractivity contribution >= 4 is 5.69 Å². The Morgan fingerprint density at radius 3 is 2.15 bits per heavy atom. The first-order valence-electron chi connectivity index (χ1n) is 6.07. The molecule has 0 aliphatic carbocycles. The predicted molar refractivity (Wildman–Crippen MR) is 78.5 cm³/mol. The summed E-state index contributed by atoms with van der Waals surface area (Å²) in [6.45, 7) is 1.99. The molecule has 0 heterocycles. The predicted octanol–water partition coefficient (Wildman–Crippen LogP) is 4.62. The maximum Gasteiger partial charge on any atom is 0.129 e. The van der Waals surface area contributed by atoms with Gasteiger partial charge in [-0.3, -0.25) is 0 Å². The molecular weight excluding hydrogens is 254 g/mol. The SMILES string of the molecule is COc1cc(-c2ccc(N=[N+]=[N-])c(OC)c2)ccc1C. The summed E-state index contributed by atoms with van der Waals surface area (Å²) in [5.74, 6) is 1.38. The molecule has 0 aliphatic rings. The second-order valence-electron chi connectivity index (χ2n) is 4.26. The first-order chi connectivity index (χ1) is 9.69. The zero-order valence-corrected chi connectivity index (χ0v) is 11.6. The molecule has 0 radical (unpaired) electrons. The minimum Gasteiger partial charge on any atom is -0.496 e. The molecule has 5 heteroatoms. The van der Waals surface area contributed by atoms with Gasteiger partial charge < -0.3 is 9.47 Å². The Balaban J connectivity index is 2.50. The number of benzene rings is 2. The van der Waals surface area contributed by atoms with E-state index in [2.05, 4.69) is 10.0 Å². The van der Waals surface area contributed by atoms with Gasteiger partial charge in [-0.2, -0.15) is 0 Å². The van der Waals surface area contributed by atoms with Gasteiger partial charge in [-0.15, -0.1) is 0 Å². The lowest BCUT2D eigenvalue weighted by Gasteiger charge is -2.10. The van der Waals surface area contributed by atoms with Crippen LogP contribution < -0.4 is 9.47 Å². The van der Waals surface area contributed by atoms with Gasteiger partial charge in [0.25, 0.3) is 0 Å². The zero-order chi connectivity index (χ0) is 14.5. The van der Waals surface area contributed by atoms with E-state index in [1.165, 1.54) is 0 Å². The molecule has 20 heavy (non-hydrogen) atoms. The van der Waals surface area contributed by atoms with Crippen molar-refractivity contribution in [3.05, 3.63) is 52.4 Å². The lowest BCUT2D eigenvalue weighted by molar-refractivity contribution is 0.412. The van der Waals surface area contributed by atoms with Crippen molar-refractivity contribution in [3.8, 4) is 22.6 Å². The second-order valence-corrected chi connectivity index (χ2v) is 4.26. The Morgan fingerprint density at radius 1 is 0.950 bits per heavy atom. The minimum absolute atomic E-state index is 0.470. The van der Waals surface area contributed by atoms with E-state index in [0.717, 1.165) is 22.4 Å². The van der Waals surface area contributed by atoms with Crippen molar-refractivity contribution in [1.29, 1.82) is 0 Å². The molecule has 0 bridgehead atoms. The van der Waals surface area contributed by atoms with E-state index in [-0.39, 0.29) is 0 Å². The number of hydrogen-bond acceptors (Lipinski definition) is 3. The van der Waals surface area contributed by atoms with Crippen LogP contribution in [0, 0.1) is 6.92 Å². The summed E-state index contributed by atoms with van der Waals surface area (Å²) in [5, 5.41) is 3.59. The van der Waals surface area contributed by atoms with Gasteiger partial charge in [-0.05, 0) is 47.3 Å². The summed E-state index contributed by atoms with van der Waals surface area (Å²) >= 11 is 0. The van der Waals surface area contributed by atoms with Crippen molar-refractivity contribution in [2.45, 2.75) is 6.92 Å². The molecule has 0 aliphatic heterocycles. The van der Waals surface area contributed by atoms with Gasteiger partial charge in [0.15, 0.2) is 0 Å². The summed E-state index contributed by atoms with van der Waals surface area (Å²) in [7, 11) is 3.20. The fourth-order valence-corrected chi connectivity index (χ4v) is 1.99. The first kappa shape index (κ1) is 13.8. The van der Waals surface area contributed by atoms with Gasteiger partial charge >= 0.3 is 0 Å². The topological polar surface area (TPSA) is 67.2 Å². The lowest BCUT2D eigenvalue weighted by atomic mass is 10.0. The van der Waals surface area contributed by atoms with Gasteiger partial charge in [0.1, 0.15) is 11.5 Å². The summed E-state index contributed by atoms with van der Waals surface area (Å²) in [6.07, 6.45) is 0. The molecule has 0 N–H and O–H groups in total. The Morgan fingerprint density at radius 2 is 1.55 bits per heavy atom. The average molecular weight is 269 g/mol. The second kappa shape index (κ2) is 5.99. The largest absolute Gasteiger partial charge is 0.496 e. The Bertz CT molecular complexity index is 677. The zero-order valence-electron chi connectivity index (χ0n) is 11.6. The third-order valence-corrected chi connectivity index (χ3v) is 3.07. The molecule has 0 unspecified atom stereocenters. The first-order valence-corrected chi connectivity index (χ1v) is 6.07. The molecule has 2 aromatic carbocycles. The fourth-order valence-electron chi connectivity index (χ4n) is 1.99. The van der Waals surface area contributed by atoms with E-state index in [1.807, 2.05) is 37.3 Å². The molecule has 0 saturated carbocycles. The highest BCUT2D eigenvalue weighted by Crippen LogP contribution is 2.34. The smallest absolute Gasteiger partial charge is 0.129 e. The van der Waals surface area contributed by atoms with Crippen LogP contribution >= 0.6 is 0 Å². The number of aryl methyl sites for hydroxylation is 1. The van der Waals surface area contributed by atoms with Crippen molar-refractivity contribution in [2.24, 2.45) is 5.11 Å². The number of ether oxygens (including phenoxy) is 2. The van der Waals surface area contributed by atoms with Crippen LogP contribution in [-0.4, -0.2) is 14.2 Å². The average Bonchev–Trinajstić information content (AvgIpc) is 2.48. The Hall–Kier alpha value is -2.65. The molecule has 0 spiro atoms. The number of azide groups is 1. The molecule has 0 atom stereocenters. The summed E-state index contributed by atoms with van der Waals surface area (Å²) in [5.41, 5.74) is 12.0. The van der Waals surface area contributed by atoms with Gasteiger partial charge in [0.05, 0.1) is 19.9 Å². The van der Waals surface area contributed by atoms with E-state index >= 15 is 0 Å². The highest BCUT2D eigenvalue weighted by molar-refractivity contribution is 5.71. The van der Waals surface area contributed by atoms with E-state index in [1.54, 1.807) is 20.3 Å². The minimum atomic E-state index is 0.470. The molecular formula is C15H15N3O2. The molecule has 102 valence electrons. The quantitative estimate of drug-likeness (QED) is 0.461. The van der Waals surface area contributed by atoms with E-state index in [9.17, 15) is 0 Å². The third kappa shape index (κ3) is 2.68. The van der Waals surface area contributed by atoms with Crippen LogP contribution in [0.5, 0.6) is 11.5 Å². The lowest BCUT2D eigenvalue weighted by Crippen LogP contribution is -1.89. The highest BCUT2D eigenvalue weighted by atomic mass is 16.5. The van der Waals surface area contributed by atoms with Gasteiger partial charge in [-0.25, -0.2) is 0 Å². The number of nitrogens with zero attached hydrogens (tertiary/aromatic N) is 3. The maximum atomic E-state index is 8.51. The van der Waals surface area contributed by atoms with Gasteiger partial charge in [0, 0.05) is 4.91 Å². The molecule has 2 rings (SSSR count). The van der Waals surface area contributed by atoms with Crippen LogP contribution in [0.25, 0.3) is 21.6 Å². The van der Waals surface area contributed by atoms with Crippen LogP contribution in [0.4, 0.5) is 5.69 Å². The Labute approximate surface area is 117 Å². The van der Waals surface area contributed by atoms with Crippen LogP contribution in [0.15, 0.2) is 41.5 Å². The molecule has 5 nitrogen and oxygen atoms in total. The molecule has 0 aromatic heterocycles. The standard InChI is InChI=1S/C15H15N3O2/c1-10-4-5-11(8-14(10)19-2)12-6-7-13(17-18-16)15(9-12)20-3/h4-9H,1-3H3. The molecule has 0 fully saturated rings. The molecule has 0 amide bonds. The highest BCUT2D eigenvalue weighted by Gasteiger charge is 2.07. The summed E-state index contributed by atoms with van der Waals surface area (Å²) in [6, 6.07) is 11.4. The molecule has 2 aromatic rings. The van der Waals surface area contributed by atoms with Crippen molar-refractivity contribution in [3.63, 3.8) is 0 Å². The van der Waals surface area contributed by atoms with Crippen LogP contribution in [0.1, 0.15) is 5.56 Å². The Kier molecular flexibility index (Phi) is 4.13. The number of methoxy groups -OCH3 is 2. The van der Waals surface area contributed by atoms with Crippen molar-refractivity contribution in [1.82, 2.24) is 0 Å². The third-order valence-electron chi connectivity index (χ3n) is 3.07. The summed E-state index contributed by atoms with van der Waals surface area (Å²) in [4.78, 5) is 2.78. The monoisotopic (exact) mass is 269 g/mol. The maximum absolute atomic E-state index is 8.51. The van der Waals surface area contributed by atoms with Crippen LogP contribution in [0.3, 0.4) is 0 Å². The van der Waals surface area contributed by atoms with E-state index in [0.29, 0.717) is 11.4 Å². The van der Waals surface area contributed by atoms with E-state index < -0.39 is 0 Å². The van der Waals surface area contributed by atoms with Gasteiger partial charge in [-0.1, -0.05) is 23.3 Å². The molecule has 0 saturated heterocycles. The van der Waals surface area contributed by atoms with Crippen molar-refractivity contribution in [2.75, 3.05) is 14.2 Å². The number of hydrogen-bond donors (Lipinski definition) is 0. The van der Waals surface area contributed by atoms with E-state index in [4.69, 9.17) is 15.0 Å². The number of rotatable bonds is 4. The normalized spacial score (nSPS) is 9.75. The fraction of sp³-hybridized carbons (Fsp3) is 0.200. The van der Waals surface area contributed by atoms with Gasteiger partial charge in [0.2, 0.25) is 0 Å². The van der Waals surface area contributed by atoms with Crippen LogP contribution in [0.2, 0.25) is 0 Å². The summed E-state index contributed by atoms with van der Waals surface area (Å²) < 4.78 is 10.6. The van der Waals surface area contributed by atoms with Crippen molar-refractivity contribution < 1.29 is 9.47 Å².